The van der Waals surface area contributed by atoms with Crippen LogP contribution in [-0.4, -0.2) is 54.4 Å². The van der Waals surface area contributed by atoms with Gasteiger partial charge in [-0.05, 0) is 60.4 Å². The molecule has 1 saturated heterocycles. The summed E-state index contributed by atoms with van der Waals surface area (Å²) in [4.78, 5) is 7.54. The molecule has 4 nitrogen and oxygen atoms in total. The summed E-state index contributed by atoms with van der Waals surface area (Å²) in [7, 11) is 0. The number of ether oxygens (including phenoxy) is 1. The monoisotopic (exact) mass is 428 g/mol. The highest BCUT2D eigenvalue weighted by molar-refractivity contribution is 7.13. The van der Waals surface area contributed by atoms with Crippen LogP contribution in [0.15, 0.2) is 23.6 Å². The molecule has 4 rings (SSSR count). The minimum Gasteiger partial charge on any atom is -0.394 e. The zero-order chi connectivity index (χ0) is 21.4. The highest BCUT2D eigenvalue weighted by atomic mass is 32.1. The first kappa shape index (κ1) is 21.9. The van der Waals surface area contributed by atoms with Crippen LogP contribution in [0.5, 0.6) is 0 Å². The molecule has 0 bridgehead atoms. The van der Waals surface area contributed by atoms with E-state index in [0.717, 1.165) is 37.5 Å². The van der Waals surface area contributed by atoms with Gasteiger partial charge in [0.05, 0.1) is 25.5 Å². The second-order valence-electron chi connectivity index (χ2n) is 10.2. The fraction of sp³-hybridized carbons (Fsp3) is 0.640. The van der Waals surface area contributed by atoms with Gasteiger partial charge in [-0.25, -0.2) is 4.98 Å². The van der Waals surface area contributed by atoms with Gasteiger partial charge in [0.15, 0.2) is 0 Å². The summed E-state index contributed by atoms with van der Waals surface area (Å²) in [6.45, 7) is 13.9. The molecule has 1 N–H and O–H groups in total. The standard InChI is InChI=1S/C25H36N2O2S/c1-24(2)17-25(3,4)21-15-19(5-6-20(21)24)23-26-22(16-30-23)18-7-9-27(10-8-18)11-13-29-14-12-28/h5-6,15-16,18,28H,7-14,17H2,1-4H3. The average molecular weight is 429 g/mol. The van der Waals surface area contributed by atoms with Gasteiger partial charge in [0, 0.05) is 23.4 Å². The first-order valence-electron chi connectivity index (χ1n) is 11.3. The zero-order valence-electron chi connectivity index (χ0n) is 18.9. The lowest BCUT2D eigenvalue weighted by Gasteiger charge is -2.31. The van der Waals surface area contributed by atoms with Gasteiger partial charge in [0.2, 0.25) is 0 Å². The van der Waals surface area contributed by atoms with Gasteiger partial charge in [0.1, 0.15) is 5.01 Å². The number of fused-ring (bicyclic) bond motifs is 1. The Hall–Kier alpha value is -1.27. The molecule has 0 radical (unpaired) electrons. The van der Waals surface area contributed by atoms with Gasteiger partial charge in [-0.1, -0.05) is 39.8 Å². The normalized spacial score (nSPS) is 21.1. The number of rotatable bonds is 7. The molecule has 0 saturated carbocycles. The molecule has 0 amide bonds. The number of aromatic nitrogens is 1. The van der Waals surface area contributed by atoms with E-state index in [2.05, 4.69) is 56.2 Å². The molecule has 1 aromatic heterocycles. The van der Waals surface area contributed by atoms with Gasteiger partial charge in [-0.15, -0.1) is 11.3 Å². The third-order valence-electron chi connectivity index (χ3n) is 6.92. The molecule has 30 heavy (non-hydrogen) atoms. The van der Waals surface area contributed by atoms with Crippen LogP contribution in [0.1, 0.15) is 69.7 Å². The SMILES string of the molecule is CC1(C)CC(C)(C)c2cc(-c3nc(C4CCN(CCOCCO)CC4)cs3)ccc21. The van der Waals surface area contributed by atoms with Gasteiger partial charge in [0.25, 0.3) is 0 Å². The maximum Gasteiger partial charge on any atom is 0.123 e. The van der Waals surface area contributed by atoms with Crippen molar-refractivity contribution in [3.63, 3.8) is 0 Å². The summed E-state index contributed by atoms with van der Waals surface area (Å²) < 4.78 is 5.41. The van der Waals surface area contributed by atoms with Crippen LogP contribution >= 0.6 is 11.3 Å². The van der Waals surface area contributed by atoms with Crippen LogP contribution in [0.2, 0.25) is 0 Å². The van der Waals surface area contributed by atoms with Gasteiger partial charge >= 0.3 is 0 Å². The van der Waals surface area contributed by atoms with E-state index in [9.17, 15) is 0 Å². The quantitative estimate of drug-likeness (QED) is 0.633. The van der Waals surface area contributed by atoms with Crippen LogP contribution in [0.4, 0.5) is 0 Å². The summed E-state index contributed by atoms with van der Waals surface area (Å²) in [5.74, 6) is 0.564. The lowest BCUT2D eigenvalue weighted by atomic mass is 9.82. The van der Waals surface area contributed by atoms with Crippen LogP contribution in [0, 0.1) is 0 Å². The zero-order valence-corrected chi connectivity index (χ0v) is 19.7. The molecule has 0 atom stereocenters. The number of benzene rings is 1. The number of thiazole rings is 1. The number of hydrogen-bond donors (Lipinski definition) is 1. The van der Waals surface area contributed by atoms with Crippen LogP contribution in [0.3, 0.4) is 0 Å². The smallest absolute Gasteiger partial charge is 0.123 e. The third-order valence-corrected chi connectivity index (χ3v) is 7.83. The van der Waals surface area contributed by atoms with Crippen LogP contribution in [-0.2, 0) is 15.6 Å². The fourth-order valence-electron chi connectivity index (χ4n) is 5.54. The Morgan fingerprint density at radius 1 is 1.10 bits per heavy atom. The minimum absolute atomic E-state index is 0.105. The molecular weight excluding hydrogens is 392 g/mol. The molecule has 0 spiro atoms. The Labute approximate surface area is 185 Å². The van der Waals surface area contributed by atoms with E-state index in [0.29, 0.717) is 19.1 Å². The van der Waals surface area contributed by atoms with Crippen molar-refractivity contribution >= 4 is 11.3 Å². The highest BCUT2D eigenvalue weighted by Gasteiger charge is 2.41. The van der Waals surface area contributed by atoms with Crippen LogP contribution in [0.25, 0.3) is 10.6 Å². The first-order valence-corrected chi connectivity index (χ1v) is 12.2. The number of hydrogen-bond acceptors (Lipinski definition) is 5. The maximum absolute atomic E-state index is 8.80. The van der Waals surface area contributed by atoms with Gasteiger partial charge < -0.3 is 14.7 Å². The Kier molecular flexibility index (Phi) is 6.36. The predicted molar refractivity (Wildman–Crippen MR) is 125 cm³/mol. The van der Waals surface area contributed by atoms with E-state index < -0.39 is 0 Å². The molecule has 2 aromatic rings. The summed E-state index contributed by atoms with van der Waals surface area (Å²) in [6.07, 6.45) is 3.52. The van der Waals surface area contributed by atoms with Crippen molar-refractivity contribution in [2.45, 2.75) is 63.7 Å². The molecular formula is C25H36N2O2S. The average Bonchev–Trinajstić information content (AvgIpc) is 3.27. The molecule has 1 aromatic carbocycles. The van der Waals surface area contributed by atoms with E-state index in [1.807, 2.05) is 0 Å². The summed E-state index contributed by atoms with van der Waals surface area (Å²) in [5.41, 5.74) is 6.02. The third kappa shape index (κ3) is 4.50. The first-order chi connectivity index (χ1) is 14.3. The minimum atomic E-state index is 0.105. The van der Waals surface area contributed by atoms with E-state index in [1.165, 1.54) is 28.8 Å². The summed E-state index contributed by atoms with van der Waals surface area (Å²) in [6, 6.07) is 7.03. The number of piperidine rings is 1. The van der Waals surface area contributed by atoms with Crippen molar-refractivity contribution < 1.29 is 9.84 Å². The van der Waals surface area contributed by atoms with E-state index in [-0.39, 0.29) is 17.4 Å². The Balaban J connectivity index is 1.41. The van der Waals surface area contributed by atoms with Gasteiger partial charge in [-0.2, -0.15) is 0 Å². The van der Waals surface area contributed by atoms with Crippen molar-refractivity contribution in [1.82, 2.24) is 9.88 Å². The second-order valence-corrected chi connectivity index (χ2v) is 11.1. The molecule has 0 unspecified atom stereocenters. The molecule has 5 heteroatoms. The Morgan fingerprint density at radius 2 is 1.83 bits per heavy atom. The maximum atomic E-state index is 8.80. The predicted octanol–water partition coefficient (Wildman–Crippen LogP) is 4.96. The second kappa shape index (κ2) is 8.70. The topological polar surface area (TPSA) is 45.6 Å². The summed E-state index contributed by atoms with van der Waals surface area (Å²) >= 11 is 1.79. The Bertz CT molecular complexity index is 866. The number of aliphatic hydroxyl groups excluding tert-OH is 1. The van der Waals surface area contributed by atoms with Crippen molar-refractivity contribution in [2.75, 3.05) is 39.5 Å². The molecule has 2 heterocycles. The van der Waals surface area contributed by atoms with E-state index in [1.54, 1.807) is 11.3 Å². The lowest BCUT2D eigenvalue weighted by Crippen LogP contribution is -2.35. The Morgan fingerprint density at radius 3 is 2.57 bits per heavy atom. The largest absolute Gasteiger partial charge is 0.394 e. The fourth-order valence-corrected chi connectivity index (χ4v) is 6.44. The molecule has 2 aliphatic rings. The summed E-state index contributed by atoms with van der Waals surface area (Å²) in [5, 5.41) is 12.2. The number of nitrogens with zero attached hydrogens (tertiary/aromatic N) is 2. The van der Waals surface area contributed by atoms with Crippen molar-refractivity contribution in [3.05, 3.63) is 40.4 Å². The van der Waals surface area contributed by atoms with Crippen molar-refractivity contribution in [1.29, 1.82) is 0 Å². The van der Waals surface area contributed by atoms with E-state index >= 15 is 0 Å². The van der Waals surface area contributed by atoms with E-state index in [4.69, 9.17) is 14.8 Å². The van der Waals surface area contributed by atoms with Gasteiger partial charge in [-0.3, -0.25) is 0 Å². The molecule has 1 fully saturated rings. The highest BCUT2D eigenvalue weighted by Crippen LogP contribution is 2.50. The van der Waals surface area contributed by atoms with Crippen molar-refractivity contribution in [2.24, 2.45) is 0 Å². The molecule has 1 aliphatic carbocycles. The van der Waals surface area contributed by atoms with Crippen molar-refractivity contribution in [3.8, 4) is 10.6 Å². The number of aliphatic hydroxyl groups is 1. The number of likely N-dealkylation sites (tertiary alicyclic amines) is 1. The van der Waals surface area contributed by atoms with Crippen LogP contribution < -0.4 is 0 Å². The molecule has 1 aliphatic heterocycles. The lowest BCUT2D eigenvalue weighted by molar-refractivity contribution is 0.0679. The molecule has 164 valence electrons.